The van der Waals surface area contributed by atoms with Crippen LogP contribution < -0.4 is 9.62 Å². The number of rotatable bonds is 10. The molecule has 0 radical (unpaired) electrons. The highest BCUT2D eigenvalue weighted by Crippen LogP contribution is 2.30. The van der Waals surface area contributed by atoms with Gasteiger partial charge >= 0.3 is 5.97 Å². The van der Waals surface area contributed by atoms with E-state index < -0.39 is 16.0 Å². The summed E-state index contributed by atoms with van der Waals surface area (Å²) in [5.74, 6) is -0.844. The number of hydrogen-bond donors (Lipinski definition) is 2. The summed E-state index contributed by atoms with van der Waals surface area (Å²) >= 11 is 0. The maximum absolute atomic E-state index is 13.2. The summed E-state index contributed by atoms with van der Waals surface area (Å²) in [6.45, 7) is 11.6. The first-order valence-corrected chi connectivity index (χ1v) is 13.2. The first-order valence-electron chi connectivity index (χ1n) is 11.7. The lowest BCUT2D eigenvalue weighted by Gasteiger charge is -2.23. The van der Waals surface area contributed by atoms with Crippen molar-refractivity contribution < 1.29 is 18.3 Å². The Morgan fingerprint density at radius 2 is 1.80 bits per heavy atom. The molecule has 9 heteroatoms. The third-order valence-corrected chi connectivity index (χ3v) is 7.67. The Labute approximate surface area is 207 Å². The van der Waals surface area contributed by atoms with Gasteiger partial charge in [0.25, 0.3) is 10.0 Å². The normalized spacial score (nSPS) is 11.6. The van der Waals surface area contributed by atoms with E-state index in [4.69, 9.17) is 0 Å². The van der Waals surface area contributed by atoms with Crippen LogP contribution in [0.4, 0.5) is 11.4 Å². The predicted octanol–water partition coefficient (Wildman–Crippen LogP) is 4.82. The monoisotopic (exact) mass is 498 g/mol. The van der Waals surface area contributed by atoms with Crippen molar-refractivity contribution in [3.8, 4) is 0 Å². The third-order valence-electron chi connectivity index (χ3n) is 6.28. The molecule has 0 fully saturated rings. The van der Waals surface area contributed by atoms with Crippen LogP contribution in [0.3, 0.4) is 0 Å². The van der Waals surface area contributed by atoms with Crippen LogP contribution in [0.1, 0.15) is 59.6 Å². The first kappa shape index (κ1) is 26.3. The zero-order valence-electron chi connectivity index (χ0n) is 21.2. The average molecular weight is 499 g/mol. The number of carboxylic acid groups (broad SMARTS) is 1. The standard InChI is InChI=1S/C26H34N4O4S/c1-7-30-19(5)23(18(4)27-30)14-15-29(6)25-13-10-21(26(31)32)16-24(25)28-35(33,34)22-11-8-20(9-12-22)17(2)3/h8-13,16-17,28H,7,14-15H2,1-6H3,(H,31,32). The second-order valence-electron chi connectivity index (χ2n) is 9.00. The molecule has 0 saturated carbocycles. The molecule has 0 atom stereocenters. The number of sulfonamides is 1. The Morgan fingerprint density at radius 3 is 2.34 bits per heavy atom. The van der Waals surface area contributed by atoms with Crippen molar-refractivity contribution in [3.63, 3.8) is 0 Å². The Balaban J connectivity index is 1.90. The molecule has 0 aliphatic heterocycles. The summed E-state index contributed by atoms with van der Waals surface area (Å²) in [7, 11) is -2.06. The largest absolute Gasteiger partial charge is 0.478 e. The number of nitrogens with zero attached hydrogens (tertiary/aromatic N) is 3. The molecule has 0 spiro atoms. The van der Waals surface area contributed by atoms with Crippen molar-refractivity contribution in [1.29, 1.82) is 0 Å². The molecule has 2 N–H and O–H groups in total. The summed E-state index contributed by atoms with van der Waals surface area (Å²) in [5, 5.41) is 14.0. The van der Waals surface area contributed by atoms with E-state index in [-0.39, 0.29) is 22.1 Å². The number of benzene rings is 2. The number of aromatic nitrogens is 2. The van der Waals surface area contributed by atoms with Crippen molar-refractivity contribution >= 4 is 27.4 Å². The minimum Gasteiger partial charge on any atom is -0.478 e. The van der Waals surface area contributed by atoms with Gasteiger partial charge in [-0.15, -0.1) is 0 Å². The molecule has 0 unspecified atom stereocenters. The van der Waals surface area contributed by atoms with E-state index in [0.717, 1.165) is 35.5 Å². The Hall–Kier alpha value is -3.33. The summed E-state index contributed by atoms with van der Waals surface area (Å²) in [5.41, 5.74) is 5.11. The number of aryl methyl sites for hydroxylation is 2. The van der Waals surface area contributed by atoms with Crippen molar-refractivity contribution in [3.05, 3.63) is 70.5 Å². The second-order valence-corrected chi connectivity index (χ2v) is 10.7. The fourth-order valence-electron chi connectivity index (χ4n) is 4.12. The van der Waals surface area contributed by atoms with E-state index >= 15 is 0 Å². The highest BCUT2D eigenvalue weighted by Gasteiger charge is 2.20. The first-order chi connectivity index (χ1) is 16.4. The number of carbonyl (C=O) groups is 1. The molecule has 188 valence electrons. The summed E-state index contributed by atoms with van der Waals surface area (Å²) < 4.78 is 30.9. The Morgan fingerprint density at radius 1 is 1.14 bits per heavy atom. The fraction of sp³-hybridized carbons (Fsp3) is 0.385. The smallest absolute Gasteiger partial charge is 0.335 e. The molecule has 8 nitrogen and oxygen atoms in total. The molecular weight excluding hydrogens is 464 g/mol. The molecule has 0 amide bonds. The molecule has 0 saturated heterocycles. The lowest BCUT2D eigenvalue weighted by atomic mass is 10.0. The Bertz CT molecular complexity index is 1310. The molecule has 0 bridgehead atoms. The summed E-state index contributed by atoms with van der Waals surface area (Å²) in [6.07, 6.45) is 0.720. The minimum atomic E-state index is -3.92. The Kier molecular flexibility index (Phi) is 7.90. The number of carboxylic acids is 1. The maximum Gasteiger partial charge on any atom is 0.335 e. The molecule has 0 aliphatic carbocycles. The molecule has 1 heterocycles. The van der Waals surface area contributed by atoms with Crippen molar-refractivity contribution in [2.45, 2.75) is 58.4 Å². The van der Waals surface area contributed by atoms with E-state index in [9.17, 15) is 18.3 Å². The maximum atomic E-state index is 13.2. The van der Waals surface area contributed by atoms with Crippen LogP contribution in [0.25, 0.3) is 0 Å². The van der Waals surface area contributed by atoms with E-state index in [0.29, 0.717) is 12.2 Å². The predicted molar refractivity (Wildman–Crippen MR) is 139 cm³/mol. The van der Waals surface area contributed by atoms with Gasteiger partial charge in [-0.25, -0.2) is 13.2 Å². The van der Waals surface area contributed by atoms with Gasteiger partial charge in [0, 0.05) is 25.8 Å². The van der Waals surface area contributed by atoms with Crippen LogP contribution in [-0.4, -0.2) is 42.9 Å². The van der Waals surface area contributed by atoms with Gasteiger partial charge in [0.05, 0.1) is 27.5 Å². The van der Waals surface area contributed by atoms with Crippen LogP contribution >= 0.6 is 0 Å². The van der Waals surface area contributed by atoms with Crippen molar-refractivity contribution in [2.75, 3.05) is 23.2 Å². The topological polar surface area (TPSA) is 105 Å². The number of anilines is 2. The van der Waals surface area contributed by atoms with E-state index in [1.54, 1.807) is 30.3 Å². The quantitative estimate of drug-likeness (QED) is 0.415. The number of aromatic carboxylic acids is 1. The summed E-state index contributed by atoms with van der Waals surface area (Å²) in [6, 6.07) is 11.2. The molecule has 3 rings (SSSR count). The van der Waals surface area contributed by atoms with Gasteiger partial charge in [0.15, 0.2) is 0 Å². The van der Waals surface area contributed by atoms with Gasteiger partial charge in [-0.2, -0.15) is 5.10 Å². The van der Waals surface area contributed by atoms with E-state index in [1.807, 2.05) is 51.2 Å². The molecule has 2 aromatic carbocycles. The zero-order valence-corrected chi connectivity index (χ0v) is 22.0. The highest BCUT2D eigenvalue weighted by atomic mass is 32.2. The highest BCUT2D eigenvalue weighted by molar-refractivity contribution is 7.92. The number of nitrogens with one attached hydrogen (secondary N) is 1. The van der Waals surface area contributed by atoms with E-state index in [1.165, 1.54) is 12.1 Å². The van der Waals surface area contributed by atoms with Gasteiger partial charge in [0.2, 0.25) is 0 Å². The number of likely N-dealkylation sites (N-methyl/N-ethyl adjacent to an activating group) is 1. The molecule has 35 heavy (non-hydrogen) atoms. The minimum absolute atomic E-state index is 0.00548. The number of hydrogen-bond acceptors (Lipinski definition) is 5. The lowest BCUT2D eigenvalue weighted by Crippen LogP contribution is -2.23. The third kappa shape index (κ3) is 5.85. The van der Waals surface area contributed by atoms with Gasteiger partial charge in [-0.05, 0) is 74.6 Å². The molecule has 0 aliphatic rings. The van der Waals surface area contributed by atoms with Crippen LogP contribution in [0.15, 0.2) is 47.4 Å². The van der Waals surface area contributed by atoms with Crippen molar-refractivity contribution in [1.82, 2.24) is 9.78 Å². The van der Waals surface area contributed by atoms with Gasteiger partial charge in [-0.1, -0.05) is 26.0 Å². The molecular formula is C26H34N4O4S. The average Bonchev–Trinajstić information content (AvgIpc) is 3.09. The lowest BCUT2D eigenvalue weighted by molar-refractivity contribution is 0.0697. The summed E-state index contributed by atoms with van der Waals surface area (Å²) in [4.78, 5) is 13.6. The zero-order chi connectivity index (χ0) is 25.9. The van der Waals surface area contributed by atoms with Crippen LogP contribution in [-0.2, 0) is 23.0 Å². The second kappa shape index (κ2) is 10.5. The van der Waals surface area contributed by atoms with Gasteiger partial charge in [0.1, 0.15) is 0 Å². The van der Waals surface area contributed by atoms with E-state index in [2.05, 4.69) is 9.82 Å². The fourth-order valence-corrected chi connectivity index (χ4v) is 5.19. The van der Waals surface area contributed by atoms with Crippen LogP contribution in [0.5, 0.6) is 0 Å². The van der Waals surface area contributed by atoms with Crippen LogP contribution in [0.2, 0.25) is 0 Å². The van der Waals surface area contributed by atoms with Crippen LogP contribution in [0, 0.1) is 13.8 Å². The van der Waals surface area contributed by atoms with Gasteiger partial charge in [-0.3, -0.25) is 9.40 Å². The SMILES string of the molecule is CCn1nc(C)c(CCN(C)c2ccc(C(=O)O)cc2NS(=O)(=O)c2ccc(C(C)C)cc2)c1C. The molecule has 3 aromatic rings. The molecule has 1 aromatic heterocycles. The van der Waals surface area contributed by atoms with Gasteiger partial charge < -0.3 is 10.0 Å². The van der Waals surface area contributed by atoms with Crippen molar-refractivity contribution in [2.24, 2.45) is 0 Å².